The molecule has 7 heteroatoms. The number of hydrogen-bond acceptors (Lipinski definition) is 4. The van der Waals surface area contributed by atoms with Crippen LogP contribution in [-0.4, -0.2) is 28.6 Å². The Morgan fingerprint density at radius 1 is 1.58 bits per heavy atom. The second-order valence-electron chi connectivity index (χ2n) is 4.17. The van der Waals surface area contributed by atoms with Gasteiger partial charge in [0.15, 0.2) is 0 Å². The van der Waals surface area contributed by atoms with E-state index in [0.717, 1.165) is 6.07 Å². The number of halogens is 1. The van der Waals surface area contributed by atoms with Crippen molar-refractivity contribution in [2.75, 3.05) is 6.54 Å². The SMILES string of the molecule is CC(O)CCCNC(=O)c1ccc([N+](=O)[O-])cc1Cl. The molecular weight excluding hydrogens is 272 g/mol. The number of nitro benzene ring substituents is 1. The number of hydrogen-bond donors (Lipinski definition) is 2. The summed E-state index contributed by atoms with van der Waals surface area (Å²) in [5, 5.41) is 22.3. The molecule has 0 fully saturated rings. The van der Waals surface area contributed by atoms with Crippen molar-refractivity contribution >= 4 is 23.2 Å². The highest BCUT2D eigenvalue weighted by Gasteiger charge is 2.14. The lowest BCUT2D eigenvalue weighted by Crippen LogP contribution is -2.25. The van der Waals surface area contributed by atoms with E-state index in [2.05, 4.69) is 5.32 Å². The van der Waals surface area contributed by atoms with Crippen molar-refractivity contribution in [3.8, 4) is 0 Å². The van der Waals surface area contributed by atoms with Gasteiger partial charge in [-0.2, -0.15) is 0 Å². The van der Waals surface area contributed by atoms with Crippen LogP contribution in [0.15, 0.2) is 18.2 Å². The number of carbonyl (C=O) groups is 1. The van der Waals surface area contributed by atoms with Crippen molar-refractivity contribution in [2.24, 2.45) is 0 Å². The zero-order valence-corrected chi connectivity index (χ0v) is 11.2. The third kappa shape index (κ3) is 4.84. The molecule has 0 aliphatic rings. The molecule has 1 aromatic rings. The first-order chi connectivity index (χ1) is 8.91. The summed E-state index contributed by atoms with van der Waals surface area (Å²) in [6.07, 6.45) is 0.835. The molecule has 0 heterocycles. The monoisotopic (exact) mass is 286 g/mol. The van der Waals surface area contributed by atoms with Gasteiger partial charge in [-0.1, -0.05) is 11.6 Å². The number of nitrogens with zero attached hydrogens (tertiary/aromatic N) is 1. The van der Waals surface area contributed by atoms with Crippen LogP contribution < -0.4 is 5.32 Å². The Hall–Kier alpha value is -1.66. The smallest absolute Gasteiger partial charge is 0.270 e. The first kappa shape index (κ1) is 15.4. The molecule has 104 valence electrons. The standard InChI is InChI=1S/C12H15ClN2O4/c1-8(16)3-2-6-14-12(17)10-5-4-9(15(18)19)7-11(10)13/h4-5,7-8,16H,2-3,6H2,1H3,(H,14,17). The van der Waals surface area contributed by atoms with E-state index in [0.29, 0.717) is 19.4 Å². The Balaban J connectivity index is 2.60. The van der Waals surface area contributed by atoms with Gasteiger partial charge in [-0.25, -0.2) is 0 Å². The molecule has 0 radical (unpaired) electrons. The molecule has 2 N–H and O–H groups in total. The van der Waals surface area contributed by atoms with Crippen LogP contribution in [0.1, 0.15) is 30.1 Å². The maximum absolute atomic E-state index is 11.8. The molecule has 1 unspecified atom stereocenters. The molecule has 1 amide bonds. The van der Waals surface area contributed by atoms with Gasteiger partial charge in [-0.15, -0.1) is 0 Å². The number of nitro groups is 1. The normalized spacial score (nSPS) is 11.9. The highest BCUT2D eigenvalue weighted by molar-refractivity contribution is 6.34. The summed E-state index contributed by atoms with van der Waals surface area (Å²) in [5.74, 6) is -0.384. The van der Waals surface area contributed by atoms with Crippen LogP contribution in [-0.2, 0) is 0 Å². The lowest BCUT2D eigenvalue weighted by Gasteiger charge is -2.07. The lowest BCUT2D eigenvalue weighted by atomic mass is 10.2. The second-order valence-corrected chi connectivity index (χ2v) is 4.58. The van der Waals surface area contributed by atoms with Crippen LogP contribution in [0.3, 0.4) is 0 Å². The van der Waals surface area contributed by atoms with Gasteiger partial charge >= 0.3 is 0 Å². The molecule has 0 saturated heterocycles. The third-order valence-electron chi connectivity index (χ3n) is 2.49. The molecule has 0 aromatic heterocycles. The van der Waals surface area contributed by atoms with Crippen LogP contribution in [0.2, 0.25) is 5.02 Å². The first-order valence-electron chi connectivity index (χ1n) is 5.82. The number of rotatable bonds is 6. The summed E-state index contributed by atoms with van der Waals surface area (Å²) >= 11 is 5.83. The van der Waals surface area contributed by atoms with Gasteiger partial charge in [-0.05, 0) is 25.8 Å². The Morgan fingerprint density at radius 3 is 2.79 bits per heavy atom. The van der Waals surface area contributed by atoms with E-state index in [4.69, 9.17) is 16.7 Å². The lowest BCUT2D eigenvalue weighted by molar-refractivity contribution is -0.384. The van der Waals surface area contributed by atoms with E-state index < -0.39 is 11.0 Å². The molecule has 0 aliphatic heterocycles. The molecule has 1 atom stereocenters. The van der Waals surface area contributed by atoms with Crippen LogP contribution in [0.4, 0.5) is 5.69 Å². The topological polar surface area (TPSA) is 92.5 Å². The Bertz CT molecular complexity index is 477. The van der Waals surface area contributed by atoms with E-state index in [1.807, 2.05) is 0 Å². The van der Waals surface area contributed by atoms with Crippen molar-refractivity contribution in [1.29, 1.82) is 0 Å². The van der Waals surface area contributed by atoms with Crippen molar-refractivity contribution in [3.63, 3.8) is 0 Å². The quantitative estimate of drug-likeness (QED) is 0.476. The summed E-state index contributed by atoms with van der Waals surface area (Å²) in [4.78, 5) is 21.7. The molecule has 6 nitrogen and oxygen atoms in total. The van der Waals surface area contributed by atoms with E-state index in [-0.39, 0.29) is 22.2 Å². The first-order valence-corrected chi connectivity index (χ1v) is 6.20. The minimum atomic E-state index is -0.573. The minimum Gasteiger partial charge on any atom is -0.393 e. The average molecular weight is 287 g/mol. The number of nitrogens with one attached hydrogen (secondary N) is 1. The Kier molecular flexibility index (Phi) is 5.72. The number of aliphatic hydroxyl groups is 1. The minimum absolute atomic E-state index is 0.0437. The molecule has 19 heavy (non-hydrogen) atoms. The van der Waals surface area contributed by atoms with Gasteiger partial charge in [0.1, 0.15) is 0 Å². The summed E-state index contributed by atoms with van der Waals surface area (Å²) in [5.41, 5.74) is 0.0416. The molecule has 0 aliphatic carbocycles. The molecule has 1 rings (SSSR count). The average Bonchev–Trinajstić information content (AvgIpc) is 2.33. The van der Waals surface area contributed by atoms with Crippen LogP contribution in [0.5, 0.6) is 0 Å². The molecule has 0 bridgehead atoms. The fourth-order valence-corrected chi connectivity index (χ4v) is 1.76. The van der Waals surface area contributed by atoms with Gasteiger partial charge < -0.3 is 10.4 Å². The Morgan fingerprint density at radius 2 is 2.26 bits per heavy atom. The van der Waals surface area contributed by atoms with E-state index in [9.17, 15) is 14.9 Å². The summed E-state index contributed by atoms with van der Waals surface area (Å²) < 4.78 is 0. The maximum Gasteiger partial charge on any atom is 0.270 e. The van der Waals surface area contributed by atoms with Gasteiger partial charge in [0.2, 0.25) is 0 Å². The van der Waals surface area contributed by atoms with Crippen molar-refractivity contribution in [3.05, 3.63) is 38.9 Å². The van der Waals surface area contributed by atoms with Crippen LogP contribution >= 0.6 is 11.6 Å². The Labute approximate surface area is 115 Å². The highest BCUT2D eigenvalue weighted by atomic mass is 35.5. The van der Waals surface area contributed by atoms with Gasteiger partial charge in [0.05, 0.1) is 21.6 Å². The number of carbonyl (C=O) groups excluding carboxylic acids is 1. The second kappa shape index (κ2) is 7.06. The zero-order chi connectivity index (χ0) is 14.4. The zero-order valence-electron chi connectivity index (χ0n) is 10.4. The van der Waals surface area contributed by atoms with Crippen molar-refractivity contribution in [2.45, 2.75) is 25.9 Å². The summed E-state index contributed by atoms with van der Waals surface area (Å²) in [7, 11) is 0. The van der Waals surface area contributed by atoms with E-state index >= 15 is 0 Å². The van der Waals surface area contributed by atoms with Crippen LogP contribution in [0.25, 0.3) is 0 Å². The fraction of sp³-hybridized carbons (Fsp3) is 0.417. The van der Waals surface area contributed by atoms with E-state index in [1.165, 1.54) is 12.1 Å². The van der Waals surface area contributed by atoms with Gasteiger partial charge in [0.25, 0.3) is 11.6 Å². The number of benzene rings is 1. The number of non-ortho nitro benzene ring substituents is 1. The predicted molar refractivity (Wildman–Crippen MR) is 71.4 cm³/mol. The predicted octanol–water partition coefficient (Wildman–Crippen LogP) is 2.14. The largest absolute Gasteiger partial charge is 0.393 e. The van der Waals surface area contributed by atoms with Crippen molar-refractivity contribution < 1.29 is 14.8 Å². The summed E-state index contributed by atoms with van der Waals surface area (Å²) in [6.45, 7) is 2.09. The molecule has 0 saturated carbocycles. The highest BCUT2D eigenvalue weighted by Crippen LogP contribution is 2.22. The molecule has 1 aromatic carbocycles. The van der Waals surface area contributed by atoms with Crippen LogP contribution in [0, 0.1) is 10.1 Å². The van der Waals surface area contributed by atoms with Gasteiger partial charge in [-0.3, -0.25) is 14.9 Å². The third-order valence-corrected chi connectivity index (χ3v) is 2.81. The van der Waals surface area contributed by atoms with Crippen molar-refractivity contribution in [1.82, 2.24) is 5.32 Å². The number of amides is 1. The fourth-order valence-electron chi connectivity index (χ4n) is 1.50. The van der Waals surface area contributed by atoms with Gasteiger partial charge in [0, 0.05) is 18.7 Å². The van der Waals surface area contributed by atoms with E-state index in [1.54, 1.807) is 6.92 Å². The summed E-state index contributed by atoms with van der Waals surface area (Å²) in [6, 6.07) is 3.70. The number of aliphatic hydroxyl groups excluding tert-OH is 1. The maximum atomic E-state index is 11.8. The molecular formula is C12H15ClN2O4. The molecule has 0 spiro atoms.